The van der Waals surface area contributed by atoms with Gasteiger partial charge in [0, 0.05) is 27.7 Å². The highest BCUT2D eigenvalue weighted by molar-refractivity contribution is 5.74. The van der Waals surface area contributed by atoms with Gasteiger partial charge in [0.1, 0.15) is 12.0 Å². The molecule has 106 valence electrons. The molecule has 0 saturated carbocycles. The summed E-state index contributed by atoms with van der Waals surface area (Å²) >= 11 is 0. The van der Waals surface area contributed by atoms with Gasteiger partial charge >= 0.3 is 0 Å². The zero-order valence-corrected chi connectivity index (χ0v) is 12.0. The van der Waals surface area contributed by atoms with Crippen molar-refractivity contribution in [3.63, 3.8) is 0 Å². The van der Waals surface area contributed by atoms with Crippen molar-refractivity contribution in [2.45, 2.75) is 6.54 Å². The van der Waals surface area contributed by atoms with E-state index >= 15 is 0 Å². The maximum atomic E-state index is 6.13. The van der Waals surface area contributed by atoms with Gasteiger partial charge in [-0.1, -0.05) is 30.3 Å². The number of nitrogens with two attached hydrogens (primary N) is 1. The number of hydrogen-bond donors (Lipinski definition) is 2. The van der Waals surface area contributed by atoms with Crippen LogP contribution in [0.2, 0.25) is 0 Å². The van der Waals surface area contributed by atoms with Gasteiger partial charge in [0.2, 0.25) is 0 Å². The van der Waals surface area contributed by atoms with Gasteiger partial charge in [0.05, 0.1) is 0 Å². The standard InChI is InChI=1S/C14H20N6/c1-19(2)18-13-12(15)14(17-10-16-13)20(3)9-11-7-5-4-6-8-11/h4-8,10H,9,15H2,1-3H3,(H,16,17,18). The highest BCUT2D eigenvalue weighted by atomic mass is 15.5. The summed E-state index contributed by atoms with van der Waals surface area (Å²) < 4.78 is 0. The molecule has 0 spiro atoms. The van der Waals surface area contributed by atoms with E-state index in [1.165, 1.54) is 11.9 Å². The molecule has 2 aromatic rings. The van der Waals surface area contributed by atoms with Gasteiger partial charge in [-0.3, -0.25) is 0 Å². The Bertz CT molecular complexity index is 555. The number of anilines is 3. The average Bonchev–Trinajstić information content (AvgIpc) is 2.41. The molecular formula is C14H20N6. The molecule has 1 aromatic carbocycles. The van der Waals surface area contributed by atoms with Crippen LogP contribution in [0.25, 0.3) is 0 Å². The molecule has 20 heavy (non-hydrogen) atoms. The Morgan fingerprint density at radius 3 is 2.45 bits per heavy atom. The van der Waals surface area contributed by atoms with E-state index in [1.54, 1.807) is 5.01 Å². The Morgan fingerprint density at radius 1 is 1.10 bits per heavy atom. The number of nitrogens with zero attached hydrogens (tertiary/aromatic N) is 4. The minimum Gasteiger partial charge on any atom is -0.393 e. The molecule has 0 bridgehead atoms. The summed E-state index contributed by atoms with van der Waals surface area (Å²) in [6, 6.07) is 10.2. The molecule has 0 atom stereocenters. The van der Waals surface area contributed by atoms with Crippen molar-refractivity contribution in [3.05, 3.63) is 42.2 Å². The maximum Gasteiger partial charge on any atom is 0.169 e. The molecule has 0 fully saturated rings. The first-order chi connectivity index (χ1) is 9.58. The van der Waals surface area contributed by atoms with E-state index in [9.17, 15) is 0 Å². The van der Waals surface area contributed by atoms with Crippen molar-refractivity contribution in [2.24, 2.45) is 0 Å². The Morgan fingerprint density at radius 2 is 1.80 bits per heavy atom. The van der Waals surface area contributed by atoms with Crippen molar-refractivity contribution < 1.29 is 0 Å². The van der Waals surface area contributed by atoms with Crippen LogP contribution >= 0.6 is 0 Å². The molecule has 1 heterocycles. The van der Waals surface area contributed by atoms with Gasteiger partial charge in [-0.25, -0.2) is 15.0 Å². The van der Waals surface area contributed by atoms with Crippen LogP contribution in [0.4, 0.5) is 17.3 Å². The second kappa shape index (κ2) is 6.21. The third-order valence-corrected chi connectivity index (χ3v) is 2.82. The van der Waals surface area contributed by atoms with E-state index in [1.807, 2.05) is 44.2 Å². The second-order valence-electron chi connectivity index (χ2n) is 4.81. The number of nitrogens with one attached hydrogen (secondary N) is 1. The first-order valence-electron chi connectivity index (χ1n) is 6.37. The van der Waals surface area contributed by atoms with E-state index in [0.29, 0.717) is 17.3 Å². The normalized spacial score (nSPS) is 10.6. The minimum atomic E-state index is 0.541. The fourth-order valence-electron chi connectivity index (χ4n) is 1.92. The van der Waals surface area contributed by atoms with Gasteiger partial charge in [-0.05, 0) is 5.56 Å². The van der Waals surface area contributed by atoms with Gasteiger partial charge in [0.25, 0.3) is 0 Å². The molecule has 3 N–H and O–H groups in total. The third-order valence-electron chi connectivity index (χ3n) is 2.82. The average molecular weight is 272 g/mol. The molecule has 1 aromatic heterocycles. The quantitative estimate of drug-likeness (QED) is 0.805. The SMILES string of the molecule is CN(C)Nc1ncnc(N(C)Cc2ccccc2)c1N. The van der Waals surface area contributed by atoms with Crippen molar-refractivity contribution >= 4 is 17.3 Å². The smallest absolute Gasteiger partial charge is 0.169 e. The molecular weight excluding hydrogens is 252 g/mol. The lowest BCUT2D eigenvalue weighted by Crippen LogP contribution is -2.24. The van der Waals surface area contributed by atoms with E-state index in [0.717, 1.165) is 6.54 Å². The summed E-state index contributed by atoms with van der Waals surface area (Å²) in [5.41, 5.74) is 10.9. The molecule has 0 unspecified atom stereocenters. The van der Waals surface area contributed by atoms with Gasteiger partial charge in [-0.2, -0.15) is 0 Å². The summed E-state index contributed by atoms with van der Waals surface area (Å²) in [7, 11) is 5.73. The molecule has 0 aliphatic rings. The molecule has 6 nitrogen and oxygen atoms in total. The molecule has 6 heteroatoms. The number of aromatic nitrogens is 2. The minimum absolute atomic E-state index is 0.541. The largest absolute Gasteiger partial charge is 0.393 e. The Hall–Kier alpha value is -2.34. The van der Waals surface area contributed by atoms with Crippen LogP contribution in [-0.2, 0) is 6.54 Å². The Kier molecular flexibility index (Phi) is 4.37. The van der Waals surface area contributed by atoms with Crippen LogP contribution in [-0.4, -0.2) is 36.1 Å². The van der Waals surface area contributed by atoms with Gasteiger partial charge in [-0.15, -0.1) is 0 Å². The number of rotatable bonds is 5. The van der Waals surface area contributed by atoms with Gasteiger partial charge < -0.3 is 16.1 Å². The molecule has 0 aliphatic carbocycles. The van der Waals surface area contributed by atoms with Crippen molar-refractivity contribution in [3.8, 4) is 0 Å². The van der Waals surface area contributed by atoms with Crippen molar-refractivity contribution in [1.29, 1.82) is 0 Å². The van der Waals surface area contributed by atoms with Crippen LogP contribution in [0.5, 0.6) is 0 Å². The van der Waals surface area contributed by atoms with Crippen molar-refractivity contribution in [1.82, 2.24) is 15.0 Å². The summed E-state index contributed by atoms with van der Waals surface area (Å²) in [6.07, 6.45) is 1.51. The van der Waals surface area contributed by atoms with Crippen LogP contribution in [0.1, 0.15) is 5.56 Å². The lowest BCUT2D eigenvalue weighted by atomic mass is 10.2. The topological polar surface area (TPSA) is 70.3 Å². The zero-order chi connectivity index (χ0) is 14.5. The fourth-order valence-corrected chi connectivity index (χ4v) is 1.92. The number of nitrogen functional groups attached to an aromatic ring is 1. The first kappa shape index (κ1) is 14.1. The van der Waals surface area contributed by atoms with Gasteiger partial charge in [0.15, 0.2) is 11.6 Å². The van der Waals surface area contributed by atoms with Crippen LogP contribution in [0, 0.1) is 0 Å². The number of hydrazine groups is 1. The first-order valence-corrected chi connectivity index (χ1v) is 6.37. The summed E-state index contributed by atoms with van der Waals surface area (Å²) in [5, 5.41) is 1.79. The molecule has 0 radical (unpaired) electrons. The van der Waals surface area contributed by atoms with Crippen LogP contribution in [0.3, 0.4) is 0 Å². The van der Waals surface area contributed by atoms with Crippen LogP contribution in [0.15, 0.2) is 36.7 Å². The lowest BCUT2D eigenvalue weighted by molar-refractivity contribution is 0.492. The molecule has 0 aliphatic heterocycles. The molecule has 0 amide bonds. The Labute approximate surface area is 119 Å². The predicted octanol–water partition coefficient (Wildman–Crippen LogP) is 1.58. The van der Waals surface area contributed by atoms with E-state index in [2.05, 4.69) is 27.5 Å². The predicted molar refractivity (Wildman–Crippen MR) is 82.3 cm³/mol. The highest BCUT2D eigenvalue weighted by Gasteiger charge is 2.12. The second-order valence-corrected chi connectivity index (χ2v) is 4.81. The summed E-state index contributed by atoms with van der Waals surface area (Å²) in [6.45, 7) is 0.740. The summed E-state index contributed by atoms with van der Waals surface area (Å²) in [4.78, 5) is 10.4. The Balaban J connectivity index is 2.19. The number of benzene rings is 1. The van der Waals surface area contributed by atoms with Crippen LogP contribution < -0.4 is 16.1 Å². The fraction of sp³-hybridized carbons (Fsp3) is 0.286. The summed E-state index contributed by atoms with van der Waals surface area (Å²) in [5.74, 6) is 1.33. The number of hydrogen-bond acceptors (Lipinski definition) is 6. The zero-order valence-electron chi connectivity index (χ0n) is 12.0. The third kappa shape index (κ3) is 3.36. The molecule has 2 rings (SSSR count). The lowest BCUT2D eigenvalue weighted by Gasteiger charge is -2.22. The monoisotopic (exact) mass is 272 g/mol. The maximum absolute atomic E-state index is 6.13. The van der Waals surface area contributed by atoms with E-state index < -0.39 is 0 Å². The van der Waals surface area contributed by atoms with E-state index in [-0.39, 0.29) is 0 Å². The highest BCUT2D eigenvalue weighted by Crippen LogP contribution is 2.26. The van der Waals surface area contributed by atoms with Crippen molar-refractivity contribution in [2.75, 3.05) is 37.2 Å². The van der Waals surface area contributed by atoms with E-state index in [4.69, 9.17) is 5.73 Å². The molecule has 0 saturated heterocycles.